The summed E-state index contributed by atoms with van der Waals surface area (Å²) in [7, 11) is -0.318. The van der Waals surface area contributed by atoms with Gasteiger partial charge >= 0.3 is 0 Å². The van der Waals surface area contributed by atoms with E-state index in [0.29, 0.717) is 6.35 Å². The minimum absolute atomic E-state index is 0.291. The zero-order valence-electron chi connectivity index (χ0n) is 5.99. The van der Waals surface area contributed by atoms with Crippen molar-refractivity contribution in [2.24, 2.45) is 0 Å². The van der Waals surface area contributed by atoms with Crippen LogP contribution in [0.2, 0.25) is 0 Å². The third-order valence-electron chi connectivity index (χ3n) is 1.41. The van der Waals surface area contributed by atoms with E-state index in [1.165, 1.54) is 5.30 Å². The Morgan fingerprint density at radius 1 is 1.30 bits per heavy atom. The van der Waals surface area contributed by atoms with Crippen LogP contribution < -0.4 is 5.30 Å². The van der Waals surface area contributed by atoms with Crippen molar-refractivity contribution in [3.05, 3.63) is 30.3 Å². The number of hydrogen-bond acceptors (Lipinski definition) is 1. The second kappa shape index (κ2) is 3.70. The first kappa shape index (κ1) is 7.71. The fourth-order valence-corrected chi connectivity index (χ4v) is 1.61. The minimum atomic E-state index is -0.318. The summed E-state index contributed by atoms with van der Waals surface area (Å²) in [5.74, 6) is 0. The normalized spacial score (nSPS) is 13.0. The van der Waals surface area contributed by atoms with Gasteiger partial charge in [-0.25, -0.2) is 0 Å². The molecule has 0 saturated carbocycles. The molecule has 0 saturated heterocycles. The van der Waals surface area contributed by atoms with E-state index < -0.39 is 0 Å². The fraction of sp³-hybridized carbons (Fsp3) is 0.250. The van der Waals surface area contributed by atoms with Gasteiger partial charge in [0.1, 0.15) is 0 Å². The van der Waals surface area contributed by atoms with Crippen LogP contribution in [-0.2, 0) is 0 Å². The van der Waals surface area contributed by atoms with E-state index in [9.17, 15) is 0 Å². The lowest BCUT2D eigenvalue weighted by Crippen LogP contribution is -2.00. The molecule has 0 aromatic heterocycles. The summed E-state index contributed by atoms with van der Waals surface area (Å²) < 4.78 is 0. The average molecular weight is 154 g/mol. The van der Waals surface area contributed by atoms with Crippen LogP contribution in [-0.4, -0.2) is 18.1 Å². The molecule has 1 atom stereocenters. The summed E-state index contributed by atoms with van der Waals surface area (Å²) >= 11 is 0. The lowest BCUT2D eigenvalue weighted by molar-refractivity contribution is 0.371. The van der Waals surface area contributed by atoms with E-state index in [2.05, 4.69) is 18.8 Å². The topological polar surface area (TPSA) is 20.2 Å². The fourth-order valence-electron chi connectivity index (χ4n) is 0.764. The van der Waals surface area contributed by atoms with Gasteiger partial charge in [-0.2, -0.15) is 0 Å². The smallest absolute Gasteiger partial charge is 0.0663 e. The molecule has 1 rings (SSSR count). The highest BCUT2D eigenvalue weighted by Gasteiger charge is 1.99. The Morgan fingerprint density at radius 2 is 1.90 bits per heavy atom. The van der Waals surface area contributed by atoms with E-state index in [-0.39, 0.29) is 7.92 Å². The van der Waals surface area contributed by atoms with Gasteiger partial charge in [-0.15, -0.1) is 0 Å². The Bertz CT molecular complexity index is 186. The molecule has 0 bridgehead atoms. The van der Waals surface area contributed by atoms with Crippen LogP contribution in [0.25, 0.3) is 0 Å². The third kappa shape index (κ3) is 1.80. The maximum Gasteiger partial charge on any atom is 0.0663 e. The summed E-state index contributed by atoms with van der Waals surface area (Å²) in [5, 5.41) is 10.1. The van der Waals surface area contributed by atoms with Gasteiger partial charge in [-0.3, -0.25) is 0 Å². The molecule has 1 aromatic rings. The second-order valence-corrected chi connectivity index (χ2v) is 4.37. The van der Waals surface area contributed by atoms with Crippen LogP contribution in [0.3, 0.4) is 0 Å². The highest BCUT2D eigenvalue weighted by molar-refractivity contribution is 7.64. The minimum Gasteiger partial charge on any atom is -0.392 e. The van der Waals surface area contributed by atoms with Crippen molar-refractivity contribution in [3.63, 3.8) is 0 Å². The zero-order valence-corrected chi connectivity index (χ0v) is 6.88. The van der Waals surface area contributed by atoms with Crippen molar-refractivity contribution in [1.82, 2.24) is 0 Å². The molecule has 0 amide bonds. The van der Waals surface area contributed by atoms with Crippen LogP contribution in [0, 0.1) is 0 Å². The van der Waals surface area contributed by atoms with E-state index in [1.807, 2.05) is 18.2 Å². The zero-order chi connectivity index (χ0) is 7.40. The summed E-state index contributed by atoms with van der Waals surface area (Å²) in [6.07, 6.45) is 0.291. The average Bonchev–Trinajstić information content (AvgIpc) is 2.05. The molecule has 0 aliphatic carbocycles. The molecular weight excluding hydrogens is 143 g/mol. The van der Waals surface area contributed by atoms with Crippen molar-refractivity contribution >= 4 is 13.2 Å². The maximum atomic E-state index is 8.82. The highest BCUT2D eigenvalue weighted by atomic mass is 31.1. The van der Waals surface area contributed by atoms with E-state index in [0.717, 1.165) is 0 Å². The van der Waals surface area contributed by atoms with Crippen LogP contribution in [0.15, 0.2) is 30.3 Å². The molecule has 0 spiro atoms. The summed E-state index contributed by atoms with van der Waals surface area (Å²) in [6.45, 7) is 2.07. The first-order valence-electron chi connectivity index (χ1n) is 3.21. The van der Waals surface area contributed by atoms with E-state index in [1.54, 1.807) is 0 Å². The van der Waals surface area contributed by atoms with Crippen LogP contribution >= 0.6 is 7.92 Å². The third-order valence-corrected chi connectivity index (χ3v) is 3.01. The van der Waals surface area contributed by atoms with Crippen molar-refractivity contribution in [1.29, 1.82) is 0 Å². The van der Waals surface area contributed by atoms with Gasteiger partial charge in [-0.1, -0.05) is 38.3 Å². The van der Waals surface area contributed by atoms with E-state index in [4.69, 9.17) is 5.11 Å². The van der Waals surface area contributed by atoms with Crippen LogP contribution in [0.1, 0.15) is 0 Å². The SMILES string of the molecule is CP(CO)c1ccccc1. The van der Waals surface area contributed by atoms with Gasteiger partial charge in [-0.05, 0) is 12.0 Å². The van der Waals surface area contributed by atoms with Gasteiger partial charge in [0.25, 0.3) is 0 Å². The number of rotatable bonds is 2. The number of aliphatic hydroxyl groups excluding tert-OH is 1. The molecule has 0 aliphatic rings. The van der Waals surface area contributed by atoms with Crippen molar-refractivity contribution in [2.45, 2.75) is 0 Å². The molecule has 54 valence electrons. The number of aliphatic hydroxyl groups is 1. The first-order valence-corrected chi connectivity index (χ1v) is 5.19. The molecule has 0 aliphatic heterocycles. The Kier molecular flexibility index (Phi) is 2.85. The molecule has 1 aromatic carbocycles. The van der Waals surface area contributed by atoms with Crippen molar-refractivity contribution in [2.75, 3.05) is 13.0 Å². The summed E-state index contributed by atoms with van der Waals surface area (Å²) in [6, 6.07) is 10.1. The van der Waals surface area contributed by atoms with Gasteiger partial charge in [0, 0.05) is 0 Å². The van der Waals surface area contributed by atoms with Gasteiger partial charge < -0.3 is 5.11 Å². The largest absolute Gasteiger partial charge is 0.392 e. The molecule has 1 N–H and O–H groups in total. The standard InChI is InChI=1S/C8H11OP/c1-10(7-9)8-5-3-2-4-6-8/h2-6,9H,7H2,1H3. The summed E-state index contributed by atoms with van der Waals surface area (Å²) in [5.41, 5.74) is 0. The molecule has 0 fully saturated rings. The maximum absolute atomic E-state index is 8.82. The predicted octanol–water partition coefficient (Wildman–Crippen LogP) is 1.37. The van der Waals surface area contributed by atoms with Crippen molar-refractivity contribution < 1.29 is 5.11 Å². The van der Waals surface area contributed by atoms with Gasteiger partial charge in [0.2, 0.25) is 0 Å². The molecule has 0 radical (unpaired) electrons. The second-order valence-electron chi connectivity index (χ2n) is 2.17. The summed E-state index contributed by atoms with van der Waals surface area (Å²) in [4.78, 5) is 0. The van der Waals surface area contributed by atoms with Gasteiger partial charge in [0.15, 0.2) is 0 Å². The first-order chi connectivity index (χ1) is 4.84. The molecular formula is C8H11OP. The molecule has 0 heterocycles. The molecule has 10 heavy (non-hydrogen) atoms. The van der Waals surface area contributed by atoms with Crippen LogP contribution in [0.4, 0.5) is 0 Å². The number of hydrogen-bond donors (Lipinski definition) is 1. The quantitative estimate of drug-likeness (QED) is 0.638. The Morgan fingerprint density at radius 3 is 2.40 bits per heavy atom. The molecule has 1 nitrogen and oxygen atoms in total. The van der Waals surface area contributed by atoms with E-state index >= 15 is 0 Å². The number of benzene rings is 1. The molecule has 2 heteroatoms. The highest BCUT2D eigenvalue weighted by Crippen LogP contribution is 2.26. The Labute approximate surface area is 62.5 Å². The Balaban J connectivity index is 2.75. The lowest BCUT2D eigenvalue weighted by atomic mass is 10.4. The van der Waals surface area contributed by atoms with Gasteiger partial charge in [0.05, 0.1) is 6.35 Å². The Hall–Kier alpha value is -0.390. The molecule has 1 unspecified atom stereocenters. The van der Waals surface area contributed by atoms with Crippen molar-refractivity contribution in [3.8, 4) is 0 Å². The van der Waals surface area contributed by atoms with Crippen LogP contribution in [0.5, 0.6) is 0 Å². The predicted molar refractivity (Wildman–Crippen MR) is 46.0 cm³/mol. The monoisotopic (exact) mass is 154 g/mol. The lowest BCUT2D eigenvalue weighted by Gasteiger charge is -2.06.